The highest BCUT2D eigenvalue weighted by molar-refractivity contribution is 7.89. The molecule has 174 valence electrons. The first-order valence-corrected chi connectivity index (χ1v) is 12.0. The Hall–Kier alpha value is -2.53. The van der Waals surface area contributed by atoms with Crippen molar-refractivity contribution in [1.82, 2.24) is 15.0 Å². The van der Waals surface area contributed by atoms with Gasteiger partial charge in [-0.2, -0.15) is 0 Å². The number of sulfonamides is 1. The fraction of sp³-hybridized carbons (Fsp3) is 0.455. The van der Waals surface area contributed by atoms with Gasteiger partial charge in [0.2, 0.25) is 15.9 Å². The van der Waals surface area contributed by atoms with Crippen LogP contribution in [0.3, 0.4) is 0 Å². The molecular weight excluding hydrogens is 434 g/mol. The summed E-state index contributed by atoms with van der Waals surface area (Å²) in [5, 5.41) is 12.6. The van der Waals surface area contributed by atoms with Gasteiger partial charge in [0.05, 0.1) is 43.3 Å². The first-order valence-electron chi connectivity index (χ1n) is 10.5. The standard InChI is InChI=1S/C22H29N3O6S/c1-30-17-2-5-19(6-3-17)32(28,29)25-20-7-4-18(31-21(20)15-26)14-22(27)24-13-10-16-8-11-23-12-9-16/h2-3,5-6,8-9,11-12,18,20-21,25-26H,4,7,10,13-15H2,1H3,(H,24,27)/t18-,20-,21+/m1/s1. The first kappa shape index (κ1) is 24.1. The summed E-state index contributed by atoms with van der Waals surface area (Å²) in [7, 11) is -2.28. The van der Waals surface area contributed by atoms with Gasteiger partial charge in [-0.25, -0.2) is 13.1 Å². The molecule has 0 radical (unpaired) electrons. The second kappa shape index (κ2) is 11.4. The van der Waals surface area contributed by atoms with Crippen LogP contribution in [0.25, 0.3) is 0 Å². The maximum absolute atomic E-state index is 12.7. The number of hydrogen-bond acceptors (Lipinski definition) is 7. The maximum Gasteiger partial charge on any atom is 0.240 e. The molecule has 0 saturated carbocycles. The molecule has 1 aliphatic heterocycles. The number of pyridine rings is 1. The Labute approximate surface area is 188 Å². The molecule has 1 saturated heterocycles. The number of rotatable bonds is 10. The summed E-state index contributed by atoms with van der Waals surface area (Å²) in [6.45, 7) is 0.152. The lowest BCUT2D eigenvalue weighted by Gasteiger charge is -2.35. The largest absolute Gasteiger partial charge is 0.497 e. The number of aliphatic hydroxyl groups is 1. The highest BCUT2D eigenvalue weighted by Crippen LogP contribution is 2.24. The Balaban J connectivity index is 1.48. The van der Waals surface area contributed by atoms with Gasteiger partial charge in [0.25, 0.3) is 0 Å². The van der Waals surface area contributed by atoms with Crippen LogP contribution < -0.4 is 14.8 Å². The Morgan fingerprint density at radius 2 is 1.91 bits per heavy atom. The number of hydrogen-bond donors (Lipinski definition) is 3. The van der Waals surface area contributed by atoms with Crippen molar-refractivity contribution in [2.75, 3.05) is 20.3 Å². The van der Waals surface area contributed by atoms with E-state index < -0.39 is 22.2 Å². The molecular formula is C22H29N3O6S. The van der Waals surface area contributed by atoms with Crippen LogP contribution in [0.4, 0.5) is 0 Å². The van der Waals surface area contributed by atoms with Gasteiger partial charge in [-0.05, 0) is 61.2 Å². The van der Waals surface area contributed by atoms with Crippen LogP contribution >= 0.6 is 0 Å². The van der Waals surface area contributed by atoms with E-state index in [1.807, 2.05) is 12.1 Å². The van der Waals surface area contributed by atoms with Crippen molar-refractivity contribution in [1.29, 1.82) is 0 Å². The van der Waals surface area contributed by atoms with Crippen molar-refractivity contribution < 1.29 is 27.8 Å². The molecule has 1 aliphatic rings. The third-order valence-corrected chi connectivity index (χ3v) is 6.88. The van der Waals surface area contributed by atoms with Crippen molar-refractivity contribution >= 4 is 15.9 Å². The van der Waals surface area contributed by atoms with E-state index >= 15 is 0 Å². The van der Waals surface area contributed by atoms with E-state index in [2.05, 4.69) is 15.0 Å². The average Bonchev–Trinajstić information content (AvgIpc) is 2.80. The monoisotopic (exact) mass is 463 g/mol. The quantitative estimate of drug-likeness (QED) is 0.480. The number of amides is 1. The molecule has 1 aromatic heterocycles. The van der Waals surface area contributed by atoms with Gasteiger partial charge in [0, 0.05) is 18.9 Å². The lowest BCUT2D eigenvalue weighted by molar-refractivity contribution is -0.130. The topological polar surface area (TPSA) is 127 Å². The van der Waals surface area contributed by atoms with Gasteiger partial charge >= 0.3 is 0 Å². The Morgan fingerprint density at radius 3 is 2.56 bits per heavy atom. The minimum absolute atomic E-state index is 0.102. The molecule has 1 fully saturated rings. The van der Waals surface area contributed by atoms with Gasteiger partial charge in [0.15, 0.2) is 0 Å². The Morgan fingerprint density at radius 1 is 1.19 bits per heavy atom. The zero-order chi connectivity index (χ0) is 23.0. The van der Waals surface area contributed by atoms with Gasteiger partial charge < -0.3 is 19.9 Å². The molecule has 32 heavy (non-hydrogen) atoms. The fourth-order valence-electron chi connectivity index (χ4n) is 3.61. The minimum atomic E-state index is -3.79. The van der Waals surface area contributed by atoms with Crippen LogP contribution in [0, 0.1) is 0 Å². The summed E-state index contributed by atoms with van der Waals surface area (Å²) in [5.41, 5.74) is 1.08. The zero-order valence-corrected chi connectivity index (χ0v) is 18.8. The second-order valence-electron chi connectivity index (χ2n) is 7.62. The SMILES string of the molecule is COc1ccc(S(=O)(=O)N[C@@H]2CC[C@H](CC(=O)NCCc3ccncc3)O[C@H]2CO)cc1. The predicted molar refractivity (Wildman–Crippen MR) is 118 cm³/mol. The normalized spacial score (nSPS) is 21.1. The van der Waals surface area contributed by atoms with E-state index in [1.54, 1.807) is 24.5 Å². The molecule has 9 nitrogen and oxygen atoms in total. The highest BCUT2D eigenvalue weighted by atomic mass is 32.2. The van der Waals surface area contributed by atoms with Crippen LogP contribution in [0.1, 0.15) is 24.8 Å². The van der Waals surface area contributed by atoms with Crippen LogP contribution in [0.2, 0.25) is 0 Å². The number of benzene rings is 1. The predicted octanol–water partition coefficient (Wildman–Crippen LogP) is 1.03. The molecule has 0 bridgehead atoms. The van der Waals surface area contributed by atoms with Crippen LogP contribution in [0.5, 0.6) is 5.75 Å². The smallest absolute Gasteiger partial charge is 0.240 e. The molecule has 2 aromatic rings. The molecule has 2 heterocycles. The molecule has 3 rings (SSSR count). The molecule has 10 heteroatoms. The molecule has 3 atom stereocenters. The van der Waals surface area contributed by atoms with Gasteiger partial charge in [0.1, 0.15) is 5.75 Å². The zero-order valence-electron chi connectivity index (χ0n) is 17.9. The Kier molecular flexibility index (Phi) is 8.57. The maximum atomic E-state index is 12.7. The molecule has 0 unspecified atom stereocenters. The van der Waals surface area contributed by atoms with Crippen molar-refractivity contribution in [3.63, 3.8) is 0 Å². The van der Waals surface area contributed by atoms with Gasteiger partial charge in [-0.15, -0.1) is 0 Å². The summed E-state index contributed by atoms with van der Waals surface area (Å²) in [6.07, 6.45) is 4.13. The molecule has 0 aliphatic carbocycles. The summed E-state index contributed by atoms with van der Waals surface area (Å²) in [5.74, 6) is 0.415. The number of nitrogens with one attached hydrogen (secondary N) is 2. The molecule has 1 aromatic carbocycles. The van der Waals surface area contributed by atoms with E-state index in [0.717, 1.165) is 5.56 Å². The number of ether oxygens (including phenoxy) is 2. The summed E-state index contributed by atoms with van der Waals surface area (Å²) < 4.78 is 38.9. The lowest BCUT2D eigenvalue weighted by Crippen LogP contribution is -2.51. The first-order chi connectivity index (χ1) is 15.4. The van der Waals surface area contributed by atoms with Crippen LogP contribution in [0.15, 0.2) is 53.7 Å². The number of aliphatic hydroxyl groups excluding tert-OH is 1. The summed E-state index contributed by atoms with van der Waals surface area (Å²) in [4.78, 5) is 16.3. The second-order valence-corrected chi connectivity index (χ2v) is 9.33. The van der Waals surface area contributed by atoms with Gasteiger partial charge in [-0.3, -0.25) is 9.78 Å². The van der Waals surface area contributed by atoms with E-state index in [9.17, 15) is 18.3 Å². The number of methoxy groups -OCH3 is 1. The summed E-state index contributed by atoms with van der Waals surface area (Å²) in [6, 6.07) is 9.26. The van der Waals surface area contributed by atoms with Crippen LogP contribution in [-0.2, 0) is 26.0 Å². The van der Waals surface area contributed by atoms with E-state index in [4.69, 9.17) is 9.47 Å². The van der Waals surface area contributed by atoms with E-state index in [1.165, 1.54) is 19.2 Å². The van der Waals surface area contributed by atoms with Crippen molar-refractivity contribution in [3.8, 4) is 5.75 Å². The third kappa shape index (κ3) is 6.73. The summed E-state index contributed by atoms with van der Waals surface area (Å²) >= 11 is 0. The number of carbonyl (C=O) groups is 1. The fourth-order valence-corrected chi connectivity index (χ4v) is 4.91. The molecule has 3 N–H and O–H groups in total. The van der Waals surface area contributed by atoms with Gasteiger partial charge in [-0.1, -0.05) is 0 Å². The lowest BCUT2D eigenvalue weighted by atomic mass is 9.98. The highest BCUT2D eigenvalue weighted by Gasteiger charge is 2.34. The minimum Gasteiger partial charge on any atom is -0.497 e. The van der Waals surface area contributed by atoms with E-state index in [0.29, 0.717) is 31.6 Å². The Bertz CT molecular complexity index is 969. The van der Waals surface area contributed by atoms with Crippen molar-refractivity contribution in [2.45, 2.75) is 48.8 Å². The van der Waals surface area contributed by atoms with Crippen molar-refractivity contribution in [3.05, 3.63) is 54.4 Å². The van der Waals surface area contributed by atoms with Crippen LogP contribution in [-0.4, -0.2) is 62.9 Å². The number of aromatic nitrogens is 1. The third-order valence-electron chi connectivity index (χ3n) is 5.37. The molecule has 0 spiro atoms. The number of carbonyl (C=O) groups excluding carboxylic acids is 1. The van der Waals surface area contributed by atoms with Crippen molar-refractivity contribution in [2.24, 2.45) is 0 Å². The average molecular weight is 464 g/mol. The number of nitrogens with zero attached hydrogens (tertiary/aromatic N) is 1. The van der Waals surface area contributed by atoms with E-state index in [-0.39, 0.29) is 29.9 Å². The molecule has 1 amide bonds.